The molecular weight excluding hydrogens is 509 g/mol. The highest BCUT2D eigenvalue weighted by Gasteiger charge is 2.26. The molecule has 0 saturated heterocycles. The summed E-state index contributed by atoms with van der Waals surface area (Å²) in [6.45, 7) is 26.7. The molecule has 4 rings (SSSR count). The lowest BCUT2D eigenvalue weighted by Crippen LogP contribution is -2.16. The fourth-order valence-electron chi connectivity index (χ4n) is 5.02. The standard InChI is InChI=1S/C36H48NO2P/c1-33(2,3)27-15-13-23-21-31(29(35(7,8)9)19-25(23)17-27)38-40(37)39-32-22-24-14-16-28(34(4,5)6)18-26(24)20-30(32)36(10,11)12/h13-22H,37H2,1-12H3. The molecule has 0 aliphatic rings. The number of fused-ring (bicyclic) bond motifs is 2. The molecule has 0 aliphatic heterocycles. The first kappa shape index (κ1) is 30.4. The van der Waals surface area contributed by atoms with Crippen LogP contribution in [0.15, 0.2) is 60.7 Å². The Bertz CT molecular complexity index is 1430. The van der Waals surface area contributed by atoms with Crippen LogP contribution in [0.1, 0.15) is 105 Å². The van der Waals surface area contributed by atoms with Crippen molar-refractivity contribution < 1.29 is 9.05 Å². The van der Waals surface area contributed by atoms with Crippen molar-refractivity contribution in [2.75, 3.05) is 0 Å². The van der Waals surface area contributed by atoms with Crippen molar-refractivity contribution in [1.29, 1.82) is 0 Å². The molecule has 0 bridgehead atoms. The Morgan fingerprint density at radius 3 is 1.10 bits per heavy atom. The maximum Gasteiger partial charge on any atom is 0.378 e. The molecule has 0 aliphatic carbocycles. The SMILES string of the molecule is CC(C)(C)c1ccc2cc(OP(N)Oc3cc4ccc(C(C)(C)C)cc4cc3C(C)(C)C)c(C(C)(C)C)cc2c1. The third-order valence-corrected chi connectivity index (χ3v) is 8.36. The second-order valence-electron chi connectivity index (χ2n) is 15.3. The Kier molecular flexibility index (Phi) is 7.85. The van der Waals surface area contributed by atoms with Gasteiger partial charge < -0.3 is 9.05 Å². The summed E-state index contributed by atoms with van der Waals surface area (Å²) < 4.78 is 12.9. The fraction of sp³-hybridized carbons (Fsp3) is 0.444. The maximum absolute atomic E-state index is 6.63. The predicted molar refractivity (Wildman–Crippen MR) is 175 cm³/mol. The van der Waals surface area contributed by atoms with Crippen molar-refractivity contribution in [2.45, 2.75) is 105 Å². The molecular formula is C36H48NO2P. The minimum Gasteiger partial charge on any atom is -0.427 e. The largest absolute Gasteiger partial charge is 0.427 e. The van der Waals surface area contributed by atoms with Gasteiger partial charge in [-0.15, -0.1) is 0 Å². The van der Waals surface area contributed by atoms with E-state index in [0.717, 1.165) is 33.4 Å². The molecule has 4 heteroatoms. The number of benzene rings is 4. The molecule has 0 amide bonds. The predicted octanol–water partition coefficient (Wildman–Crippen LogP) is 10.8. The molecule has 3 nitrogen and oxygen atoms in total. The van der Waals surface area contributed by atoms with Gasteiger partial charge in [-0.25, -0.2) is 5.50 Å². The molecule has 0 fully saturated rings. The van der Waals surface area contributed by atoms with Crippen LogP contribution in [0.2, 0.25) is 0 Å². The minimum atomic E-state index is -1.72. The molecule has 0 spiro atoms. The molecule has 4 aromatic rings. The smallest absolute Gasteiger partial charge is 0.378 e. The topological polar surface area (TPSA) is 44.5 Å². The average Bonchev–Trinajstić information content (AvgIpc) is 2.80. The van der Waals surface area contributed by atoms with E-state index >= 15 is 0 Å². The van der Waals surface area contributed by atoms with Gasteiger partial charge >= 0.3 is 8.53 Å². The van der Waals surface area contributed by atoms with Crippen LogP contribution in [-0.4, -0.2) is 0 Å². The summed E-state index contributed by atoms with van der Waals surface area (Å²) >= 11 is 0. The van der Waals surface area contributed by atoms with Gasteiger partial charge in [0.05, 0.1) is 0 Å². The van der Waals surface area contributed by atoms with Crippen molar-refractivity contribution in [3.8, 4) is 11.5 Å². The van der Waals surface area contributed by atoms with E-state index in [0.29, 0.717) is 0 Å². The van der Waals surface area contributed by atoms with Gasteiger partial charge in [0.25, 0.3) is 0 Å². The van der Waals surface area contributed by atoms with Gasteiger partial charge in [0.1, 0.15) is 11.5 Å². The van der Waals surface area contributed by atoms with E-state index in [1.807, 2.05) is 0 Å². The minimum absolute atomic E-state index is 0.0869. The highest BCUT2D eigenvalue weighted by atomic mass is 31.2. The lowest BCUT2D eigenvalue weighted by atomic mass is 9.83. The quantitative estimate of drug-likeness (QED) is 0.254. The van der Waals surface area contributed by atoms with E-state index in [9.17, 15) is 0 Å². The van der Waals surface area contributed by atoms with E-state index in [1.54, 1.807) is 0 Å². The first-order valence-electron chi connectivity index (χ1n) is 14.3. The molecule has 0 heterocycles. The third kappa shape index (κ3) is 6.64. The number of rotatable bonds is 4. The third-order valence-electron chi connectivity index (χ3n) is 7.60. The first-order chi connectivity index (χ1) is 18.2. The summed E-state index contributed by atoms with van der Waals surface area (Å²) in [6, 6.07) is 22.1. The van der Waals surface area contributed by atoms with Crippen LogP contribution in [0.4, 0.5) is 0 Å². The number of nitrogens with two attached hydrogens (primary N) is 1. The highest BCUT2D eigenvalue weighted by molar-refractivity contribution is 7.45. The summed E-state index contributed by atoms with van der Waals surface area (Å²) in [7, 11) is -1.72. The lowest BCUT2D eigenvalue weighted by Gasteiger charge is -2.27. The second kappa shape index (κ2) is 10.3. The van der Waals surface area contributed by atoms with Crippen molar-refractivity contribution in [3.05, 3.63) is 82.9 Å². The molecule has 40 heavy (non-hydrogen) atoms. The van der Waals surface area contributed by atoms with Gasteiger partial charge in [0, 0.05) is 11.1 Å². The average molecular weight is 558 g/mol. The van der Waals surface area contributed by atoms with Crippen LogP contribution < -0.4 is 14.6 Å². The van der Waals surface area contributed by atoms with Crippen molar-refractivity contribution in [1.82, 2.24) is 0 Å². The van der Waals surface area contributed by atoms with E-state index in [-0.39, 0.29) is 21.7 Å². The van der Waals surface area contributed by atoms with Crippen molar-refractivity contribution in [2.24, 2.45) is 5.50 Å². The molecule has 0 unspecified atom stereocenters. The van der Waals surface area contributed by atoms with Gasteiger partial charge in [-0.05, 0) is 78.6 Å². The fourth-order valence-corrected chi connectivity index (χ4v) is 5.75. The summed E-state index contributed by atoms with van der Waals surface area (Å²) in [4.78, 5) is 0. The van der Waals surface area contributed by atoms with Crippen molar-refractivity contribution >= 4 is 30.1 Å². The first-order valence-corrected chi connectivity index (χ1v) is 15.6. The molecule has 4 aromatic carbocycles. The maximum atomic E-state index is 6.63. The Morgan fingerprint density at radius 2 is 0.800 bits per heavy atom. The van der Waals surface area contributed by atoms with Crippen LogP contribution in [0, 0.1) is 0 Å². The zero-order valence-electron chi connectivity index (χ0n) is 26.6. The zero-order valence-corrected chi connectivity index (χ0v) is 27.5. The zero-order chi connectivity index (χ0) is 29.8. The van der Waals surface area contributed by atoms with E-state index in [4.69, 9.17) is 14.6 Å². The Balaban J connectivity index is 1.72. The van der Waals surface area contributed by atoms with E-state index < -0.39 is 8.53 Å². The Labute approximate surface area is 243 Å². The molecule has 0 aromatic heterocycles. The lowest BCUT2D eigenvalue weighted by molar-refractivity contribution is 0.462. The van der Waals surface area contributed by atoms with Gasteiger partial charge in [0.15, 0.2) is 0 Å². The van der Waals surface area contributed by atoms with Gasteiger partial charge in [0.2, 0.25) is 0 Å². The molecule has 214 valence electrons. The highest BCUT2D eigenvalue weighted by Crippen LogP contribution is 2.45. The van der Waals surface area contributed by atoms with Crippen LogP contribution >= 0.6 is 8.53 Å². The Morgan fingerprint density at radius 1 is 0.450 bits per heavy atom. The molecule has 0 radical (unpaired) electrons. The molecule has 2 N–H and O–H groups in total. The molecule has 0 saturated carbocycles. The van der Waals surface area contributed by atoms with Gasteiger partial charge in [-0.3, -0.25) is 0 Å². The summed E-state index contributed by atoms with van der Waals surface area (Å²) in [6.07, 6.45) is 0. The van der Waals surface area contributed by atoms with Crippen LogP contribution in [0.5, 0.6) is 11.5 Å². The number of hydrogen-bond acceptors (Lipinski definition) is 3. The molecule has 0 atom stereocenters. The second-order valence-corrected chi connectivity index (χ2v) is 16.2. The van der Waals surface area contributed by atoms with Crippen molar-refractivity contribution in [3.63, 3.8) is 0 Å². The summed E-state index contributed by atoms with van der Waals surface area (Å²) in [5.41, 5.74) is 11.4. The summed E-state index contributed by atoms with van der Waals surface area (Å²) in [5.74, 6) is 1.56. The van der Waals surface area contributed by atoms with Crippen LogP contribution in [0.25, 0.3) is 21.5 Å². The van der Waals surface area contributed by atoms with E-state index in [2.05, 4.69) is 144 Å². The Hall–Kier alpha value is -2.61. The van der Waals surface area contributed by atoms with Gasteiger partial charge in [-0.2, -0.15) is 0 Å². The summed E-state index contributed by atoms with van der Waals surface area (Å²) in [5, 5.41) is 4.70. The van der Waals surface area contributed by atoms with E-state index in [1.165, 1.54) is 21.9 Å². The van der Waals surface area contributed by atoms with Crippen LogP contribution in [-0.2, 0) is 21.7 Å². The van der Waals surface area contributed by atoms with Gasteiger partial charge in [-0.1, -0.05) is 119 Å². The van der Waals surface area contributed by atoms with Crippen LogP contribution in [0.3, 0.4) is 0 Å². The number of hydrogen-bond donors (Lipinski definition) is 1. The normalized spacial score (nSPS) is 13.3. The monoisotopic (exact) mass is 557 g/mol.